The highest BCUT2D eigenvalue weighted by Crippen LogP contribution is 2.41. The van der Waals surface area contributed by atoms with Crippen LogP contribution in [-0.4, -0.2) is 37.2 Å². The van der Waals surface area contributed by atoms with Crippen LogP contribution in [0.3, 0.4) is 0 Å². The number of benzene rings is 2. The zero-order valence-corrected chi connectivity index (χ0v) is 16.5. The lowest BCUT2D eigenvalue weighted by atomic mass is 9.91. The summed E-state index contributed by atoms with van der Waals surface area (Å²) in [5.74, 6) is 0.687. The Labute approximate surface area is 168 Å². The quantitative estimate of drug-likeness (QED) is 0.663. The number of amides is 1. The minimum atomic E-state index is -0.308. The third-order valence-electron chi connectivity index (χ3n) is 4.97. The van der Waals surface area contributed by atoms with Crippen LogP contribution in [0.1, 0.15) is 27.7 Å². The van der Waals surface area contributed by atoms with Crippen molar-refractivity contribution in [3.05, 3.63) is 71.4 Å². The van der Waals surface area contributed by atoms with Gasteiger partial charge in [0.25, 0.3) is 5.91 Å². The van der Waals surface area contributed by atoms with Gasteiger partial charge in [-0.05, 0) is 18.2 Å². The molecule has 0 fully saturated rings. The molecule has 3 aromatic rings. The predicted molar refractivity (Wildman–Crippen MR) is 108 cm³/mol. The summed E-state index contributed by atoms with van der Waals surface area (Å²) in [5.41, 5.74) is 2.61. The molecule has 1 amide bonds. The Morgan fingerprint density at radius 3 is 2.31 bits per heavy atom. The molecule has 0 saturated carbocycles. The lowest BCUT2D eigenvalue weighted by Gasteiger charge is -2.37. The molecule has 2 heterocycles. The second kappa shape index (κ2) is 7.79. The van der Waals surface area contributed by atoms with Gasteiger partial charge in [-0.3, -0.25) is 4.79 Å². The van der Waals surface area contributed by atoms with Gasteiger partial charge in [0.15, 0.2) is 0 Å². The summed E-state index contributed by atoms with van der Waals surface area (Å²) in [5, 5.41) is 0. The number of rotatable bonds is 5. The molecule has 29 heavy (non-hydrogen) atoms. The Balaban J connectivity index is 1.93. The van der Waals surface area contributed by atoms with Gasteiger partial charge in [-0.2, -0.15) is 9.97 Å². The predicted octanol–water partition coefficient (Wildman–Crippen LogP) is 3.45. The van der Waals surface area contributed by atoms with Gasteiger partial charge >= 0.3 is 6.01 Å². The van der Waals surface area contributed by atoms with E-state index in [2.05, 4.69) is 9.97 Å². The maximum atomic E-state index is 13.7. The van der Waals surface area contributed by atoms with E-state index >= 15 is 0 Å². The highest BCUT2D eigenvalue weighted by Gasteiger charge is 2.39. The maximum absolute atomic E-state index is 13.7. The molecule has 0 spiro atoms. The molecule has 0 saturated heterocycles. The second-order valence-corrected chi connectivity index (χ2v) is 6.51. The van der Waals surface area contributed by atoms with Gasteiger partial charge in [-0.1, -0.05) is 36.4 Å². The number of methoxy groups -OCH3 is 3. The molecule has 7 nitrogen and oxygen atoms in total. The molecule has 1 unspecified atom stereocenters. The number of fused-ring (bicyclic) bond motifs is 1. The highest BCUT2D eigenvalue weighted by atomic mass is 16.5. The molecule has 1 aromatic heterocycles. The molecule has 1 aliphatic rings. The number of carbonyl (C=O) groups is 1. The number of nitrogens with zero attached hydrogens (tertiary/aromatic N) is 3. The standard InChI is InChI=1S/C22H21N3O4/c1-27-18-12-8-7-11-15(18)17-13-16-19(20(28-2)24-22(23-16)29-3)21(26)25(17)14-9-5-4-6-10-14/h4-12,17H,13H2,1-3H3. The number of hydrogen-bond donors (Lipinski definition) is 0. The van der Waals surface area contributed by atoms with Crippen molar-refractivity contribution in [2.24, 2.45) is 0 Å². The second-order valence-electron chi connectivity index (χ2n) is 6.51. The highest BCUT2D eigenvalue weighted by molar-refractivity contribution is 6.10. The molecule has 2 aromatic carbocycles. The average molecular weight is 391 g/mol. The first-order valence-electron chi connectivity index (χ1n) is 9.18. The molecule has 4 rings (SSSR count). The van der Waals surface area contributed by atoms with E-state index in [1.165, 1.54) is 14.2 Å². The summed E-state index contributed by atoms with van der Waals surface area (Å²) in [6.07, 6.45) is 0.464. The van der Waals surface area contributed by atoms with E-state index in [0.29, 0.717) is 23.4 Å². The number of carbonyl (C=O) groups excluding carboxylic acids is 1. The van der Waals surface area contributed by atoms with E-state index in [-0.39, 0.29) is 23.8 Å². The molecule has 1 atom stereocenters. The number of anilines is 1. The molecule has 0 radical (unpaired) electrons. The Hall–Kier alpha value is -3.61. The SMILES string of the molecule is COc1nc2c(c(OC)n1)C(=O)N(c1ccccc1)C(c1ccccc1OC)C2. The minimum Gasteiger partial charge on any atom is -0.496 e. The number of hydrogen-bond acceptors (Lipinski definition) is 6. The Bertz CT molecular complexity index is 1040. The summed E-state index contributed by atoms with van der Waals surface area (Å²) in [6, 6.07) is 17.1. The molecule has 0 aliphatic carbocycles. The van der Waals surface area contributed by atoms with Crippen molar-refractivity contribution < 1.29 is 19.0 Å². The number of ether oxygens (including phenoxy) is 3. The summed E-state index contributed by atoms with van der Waals surface area (Å²) in [4.78, 5) is 24.1. The first kappa shape index (κ1) is 18.7. The molecule has 7 heteroatoms. The van der Waals surface area contributed by atoms with Gasteiger partial charge in [0, 0.05) is 17.7 Å². The molecule has 1 aliphatic heterocycles. The summed E-state index contributed by atoms with van der Waals surface area (Å²) in [6.45, 7) is 0. The fourth-order valence-corrected chi connectivity index (χ4v) is 3.68. The van der Waals surface area contributed by atoms with Crippen LogP contribution >= 0.6 is 0 Å². The average Bonchev–Trinajstić information content (AvgIpc) is 2.78. The van der Waals surface area contributed by atoms with Crippen LogP contribution < -0.4 is 19.1 Å². The summed E-state index contributed by atoms with van der Waals surface area (Å²) >= 11 is 0. The molecular formula is C22H21N3O4. The maximum Gasteiger partial charge on any atom is 0.319 e. The van der Waals surface area contributed by atoms with Crippen molar-refractivity contribution in [1.29, 1.82) is 0 Å². The van der Waals surface area contributed by atoms with E-state index < -0.39 is 0 Å². The van der Waals surface area contributed by atoms with Gasteiger partial charge in [0.2, 0.25) is 5.88 Å². The van der Waals surface area contributed by atoms with E-state index in [9.17, 15) is 4.79 Å². The fourth-order valence-electron chi connectivity index (χ4n) is 3.68. The number of para-hydroxylation sites is 2. The van der Waals surface area contributed by atoms with Crippen molar-refractivity contribution in [3.8, 4) is 17.6 Å². The lowest BCUT2D eigenvalue weighted by molar-refractivity contribution is 0.0960. The first-order valence-corrected chi connectivity index (χ1v) is 9.18. The largest absolute Gasteiger partial charge is 0.496 e. The van der Waals surface area contributed by atoms with E-state index in [1.807, 2.05) is 54.6 Å². The summed E-state index contributed by atoms with van der Waals surface area (Å²) < 4.78 is 16.2. The van der Waals surface area contributed by atoms with Crippen LogP contribution in [-0.2, 0) is 6.42 Å². The van der Waals surface area contributed by atoms with Gasteiger partial charge < -0.3 is 19.1 Å². The third-order valence-corrected chi connectivity index (χ3v) is 4.97. The summed E-state index contributed by atoms with van der Waals surface area (Å²) in [7, 11) is 4.59. The fraction of sp³-hybridized carbons (Fsp3) is 0.227. The van der Waals surface area contributed by atoms with Crippen LogP contribution in [0.4, 0.5) is 5.69 Å². The van der Waals surface area contributed by atoms with Crippen LogP contribution in [0, 0.1) is 0 Å². The van der Waals surface area contributed by atoms with Gasteiger partial charge in [0.05, 0.1) is 33.1 Å². The van der Waals surface area contributed by atoms with Crippen molar-refractivity contribution in [2.75, 3.05) is 26.2 Å². The van der Waals surface area contributed by atoms with Crippen molar-refractivity contribution in [3.63, 3.8) is 0 Å². The van der Waals surface area contributed by atoms with E-state index in [1.54, 1.807) is 12.0 Å². The molecular weight excluding hydrogens is 370 g/mol. The lowest BCUT2D eigenvalue weighted by Crippen LogP contribution is -2.41. The van der Waals surface area contributed by atoms with Crippen LogP contribution in [0.25, 0.3) is 0 Å². The Kier molecular flexibility index (Phi) is 5.03. The minimum absolute atomic E-state index is 0.167. The van der Waals surface area contributed by atoms with E-state index in [4.69, 9.17) is 14.2 Å². The molecule has 0 N–H and O–H groups in total. The van der Waals surface area contributed by atoms with Crippen LogP contribution in [0.5, 0.6) is 17.6 Å². The topological polar surface area (TPSA) is 73.8 Å². The first-order chi connectivity index (χ1) is 14.2. The molecule has 148 valence electrons. The van der Waals surface area contributed by atoms with Gasteiger partial charge in [0.1, 0.15) is 11.3 Å². The van der Waals surface area contributed by atoms with Gasteiger partial charge in [-0.25, -0.2) is 0 Å². The third kappa shape index (κ3) is 3.24. The smallest absolute Gasteiger partial charge is 0.319 e. The van der Waals surface area contributed by atoms with Crippen molar-refractivity contribution in [2.45, 2.75) is 12.5 Å². The van der Waals surface area contributed by atoms with Crippen LogP contribution in [0.2, 0.25) is 0 Å². The number of aromatic nitrogens is 2. The zero-order valence-electron chi connectivity index (χ0n) is 16.5. The van der Waals surface area contributed by atoms with Crippen molar-refractivity contribution in [1.82, 2.24) is 9.97 Å². The zero-order chi connectivity index (χ0) is 20.4. The molecule has 0 bridgehead atoms. The van der Waals surface area contributed by atoms with Crippen LogP contribution in [0.15, 0.2) is 54.6 Å². The van der Waals surface area contributed by atoms with Gasteiger partial charge in [-0.15, -0.1) is 0 Å². The van der Waals surface area contributed by atoms with Crippen molar-refractivity contribution >= 4 is 11.6 Å². The van der Waals surface area contributed by atoms with E-state index in [0.717, 1.165) is 11.3 Å². The normalized spacial score (nSPS) is 15.6. The monoisotopic (exact) mass is 391 g/mol. The Morgan fingerprint density at radius 1 is 0.897 bits per heavy atom. The Morgan fingerprint density at radius 2 is 1.62 bits per heavy atom.